The highest BCUT2D eigenvalue weighted by Gasteiger charge is 2.10. The van der Waals surface area contributed by atoms with Gasteiger partial charge in [-0.2, -0.15) is 5.26 Å². The third kappa shape index (κ3) is 5.08. The molecule has 0 aliphatic carbocycles. The fourth-order valence-electron chi connectivity index (χ4n) is 1.21. The lowest BCUT2D eigenvalue weighted by molar-refractivity contribution is -0.0163. The van der Waals surface area contributed by atoms with Gasteiger partial charge in [0.2, 0.25) is 0 Å². The summed E-state index contributed by atoms with van der Waals surface area (Å²) in [6.07, 6.45) is 0. The summed E-state index contributed by atoms with van der Waals surface area (Å²) in [5.74, 6) is 0.536. The molecule has 0 bridgehead atoms. The second-order valence-electron chi connectivity index (χ2n) is 4.56. The van der Waals surface area contributed by atoms with Crippen LogP contribution in [0.5, 0.6) is 5.75 Å². The minimum atomic E-state index is -0.179. The van der Waals surface area contributed by atoms with Gasteiger partial charge in [0, 0.05) is 5.02 Å². The molecule has 0 unspecified atom stereocenters. The molecule has 0 fully saturated rings. The van der Waals surface area contributed by atoms with E-state index < -0.39 is 0 Å². The molecule has 0 amide bonds. The molecule has 1 aromatic carbocycles. The average Bonchev–Trinajstić information content (AvgIpc) is 2.24. The molecule has 1 rings (SSSR count). The van der Waals surface area contributed by atoms with E-state index in [-0.39, 0.29) is 5.60 Å². The molecule has 0 N–H and O–H groups in total. The van der Waals surface area contributed by atoms with Crippen LogP contribution in [0.3, 0.4) is 0 Å². The number of ether oxygens (including phenoxy) is 2. The van der Waals surface area contributed by atoms with E-state index in [1.807, 2.05) is 26.8 Å². The van der Waals surface area contributed by atoms with Crippen LogP contribution in [0.25, 0.3) is 0 Å². The standard InChI is InChI=1S/C13H16ClNO2/c1-13(2,3)17-7-6-16-12-5-4-11(14)8-10(12)9-15/h4-5,8H,6-7H2,1-3H3. The molecule has 17 heavy (non-hydrogen) atoms. The van der Waals surface area contributed by atoms with E-state index in [2.05, 4.69) is 0 Å². The number of halogens is 1. The summed E-state index contributed by atoms with van der Waals surface area (Å²) < 4.78 is 11.0. The van der Waals surface area contributed by atoms with Crippen molar-refractivity contribution in [3.63, 3.8) is 0 Å². The second-order valence-corrected chi connectivity index (χ2v) is 5.00. The van der Waals surface area contributed by atoms with Crippen LogP contribution in [-0.4, -0.2) is 18.8 Å². The zero-order chi connectivity index (χ0) is 12.9. The number of nitrogens with zero attached hydrogens (tertiary/aromatic N) is 1. The van der Waals surface area contributed by atoms with Crippen molar-refractivity contribution < 1.29 is 9.47 Å². The first-order chi connectivity index (χ1) is 7.92. The molecule has 0 heterocycles. The Morgan fingerprint density at radius 2 is 2.00 bits per heavy atom. The molecule has 0 spiro atoms. The highest BCUT2D eigenvalue weighted by Crippen LogP contribution is 2.22. The van der Waals surface area contributed by atoms with Gasteiger partial charge in [-0.1, -0.05) is 11.6 Å². The first-order valence-electron chi connectivity index (χ1n) is 5.39. The summed E-state index contributed by atoms with van der Waals surface area (Å²) in [7, 11) is 0. The van der Waals surface area contributed by atoms with Crippen LogP contribution in [0.4, 0.5) is 0 Å². The molecule has 0 saturated heterocycles. The number of hydrogen-bond donors (Lipinski definition) is 0. The number of benzene rings is 1. The fraction of sp³-hybridized carbons (Fsp3) is 0.462. The van der Waals surface area contributed by atoms with Crippen LogP contribution in [0, 0.1) is 11.3 Å². The summed E-state index contributed by atoms with van der Waals surface area (Å²) in [6, 6.07) is 7.02. The molecule has 0 atom stereocenters. The van der Waals surface area contributed by atoms with Crippen molar-refractivity contribution in [1.29, 1.82) is 5.26 Å². The van der Waals surface area contributed by atoms with Gasteiger partial charge in [0.1, 0.15) is 18.4 Å². The van der Waals surface area contributed by atoms with Gasteiger partial charge in [0.05, 0.1) is 17.8 Å². The van der Waals surface area contributed by atoms with Gasteiger partial charge in [-0.3, -0.25) is 0 Å². The molecule has 0 radical (unpaired) electrons. The van der Waals surface area contributed by atoms with E-state index in [1.54, 1.807) is 18.2 Å². The van der Waals surface area contributed by atoms with Crippen molar-refractivity contribution in [3.8, 4) is 11.8 Å². The smallest absolute Gasteiger partial charge is 0.137 e. The van der Waals surface area contributed by atoms with E-state index in [1.165, 1.54) is 0 Å². The summed E-state index contributed by atoms with van der Waals surface area (Å²) in [4.78, 5) is 0. The van der Waals surface area contributed by atoms with E-state index in [4.69, 9.17) is 26.3 Å². The SMILES string of the molecule is CC(C)(C)OCCOc1ccc(Cl)cc1C#N. The van der Waals surface area contributed by atoms with Crippen molar-refractivity contribution >= 4 is 11.6 Å². The fourth-order valence-corrected chi connectivity index (χ4v) is 1.39. The normalized spacial score (nSPS) is 11.0. The third-order valence-electron chi connectivity index (χ3n) is 1.94. The quantitative estimate of drug-likeness (QED) is 0.773. The highest BCUT2D eigenvalue weighted by molar-refractivity contribution is 6.30. The Morgan fingerprint density at radius 1 is 1.29 bits per heavy atom. The monoisotopic (exact) mass is 253 g/mol. The molecule has 0 aliphatic rings. The molecule has 0 aliphatic heterocycles. The van der Waals surface area contributed by atoms with E-state index in [0.29, 0.717) is 29.5 Å². The van der Waals surface area contributed by atoms with Crippen molar-refractivity contribution in [1.82, 2.24) is 0 Å². The van der Waals surface area contributed by atoms with Crippen LogP contribution < -0.4 is 4.74 Å². The molecule has 0 saturated carbocycles. The van der Waals surface area contributed by atoms with Crippen LogP contribution in [0.2, 0.25) is 5.02 Å². The first kappa shape index (κ1) is 13.8. The third-order valence-corrected chi connectivity index (χ3v) is 2.17. The van der Waals surface area contributed by atoms with Gasteiger partial charge < -0.3 is 9.47 Å². The zero-order valence-electron chi connectivity index (χ0n) is 10.3. The number of rotatable bonds is 4. The van der Waals surface area contributed by atoms with Crippen molar-refractivity contribution in [3.05, 3.63) is 28.8 Å². The zero-order valence-corrected chi connectivity index (χ0v) is 11.0. The van der Waals surface area contributed by atoms with Crippen LogP contribution >= 0.6 is 11.6 Å². The van der Waals surface area contributed by atoms with Gasteiger partial charge in [0.25, 0.3) is 0 Å². The van der Waals surface area contributed by atoms with Gasteiger partial charge >= 0.3 is 0 Å². The van der Waals surface area contributed by atoms with Crippen molar-refractivity contribution in [2.24, 2.45) is 0 Å². The van der Waals surface area contributed by atoms with E-state index in [9.17, 15) is 0 Å². The Balaban J connectivity index is 2.50. The molecular formula is C13H16ClNO2. The molecule has 1 aromatic rings. The summed E-state index contributed by atoms with van der Waals surface area (Å²) in [5, 5.41) is 9.44. The van der Waals surface area contributed by atoms with Gasteiger partial charge in [-0.15, -0.1) is 0 Å². The van der Waals surface area contributed by atoms with Crippen molar-refractivity contribution in [2.75, 3.05) is 13.2 Å². The first-order valence-corrected chi connectivity index (χ1v) is 5.76. The summed E-state index contributed by atoms with van der Waals surface area (Å²) in [6.45, 7) is 6.84. The predicted octanol–water partition coefficient (Wildman–Crippen LogP) is 3.41. The lowest BCUT2D eigenvalue weighted by Crippen LogP contribution is -2.22. The minimum Gasteiger partial charge on any atom is -0.490 e. The minimum absolute atomic E-state index is 0.179. The Kier molecular flexibility index (Phi) is 4.80. The van der Waals surface area contributed by atoms with E-state index >= 15 is 0 Å². The molecule has 0 aromatic heterocycles. The Hall–Kier alpha value is -1.24. The number of hydrogen-bond acceptors (Lipinski definition) is 3. The molecule has 92 valence electrons. The van der Waals surface area contributed by atoms with E-state index in [0.717, 1.165) is 0 Å². The second kappa shape index (κ2) is 5.90. The topological polar surface area (TPSA) is 42.2 Å². The van der Waals surface area contributed by atoms with Gasteiger partial charge in [-0.25, -0.2) is 0 Å². The predicted molar refractivity (Wildman–Crippen MR) is 67.4 cm³/mol. The average molecular weight is 254 g/mol. The maximum atomic E-state index is 8.91. The van der Waals surface area contributed by atoms with Crippen LogP contribution in [0.1, 0.15) is 26.3 Å². The lowest BCUT2D eigenvalue weighted by atomic mass is 10.2. The largest absolute Gasteiger partial charge is 0.490 e. The lowest BCUT2D eigenvalue weighted by Gasteiger charge is -2.19. The van der Waals surface area contributed by atoms with Crippen LogP contribution in [0.15, 0.2) is 18.2 Å². The summed E-state index contributed by atoms with van der Waals surface area (Å²) >= 11 is 5.79. The van der Waals surface area contributed by atoms with Gasteiger partial charge in [0.15, 0.2) is 0 Å². The van der Waals surface area contributed by atoms with Crippen molar-refractivity contribution in [2.45, 2.75) is 26.4 Å². The number of nitriles is 1. The highest BCUT2D eigenvalue weighted by atomic mass is 35.5. The molecule has 4 heteroatoms. The Bertz CT molecular complexity index is 418. The maximum absolute atomic E-state index is 8.91. The molecular weight excluding hydrogens is 238 g/mol. The Labute approximate surface area is 107 Å². The van der Waals surface area contributed by atoms with Gasteiger partial charge in [-0.05, 0) is 39.0 Å². The van der Waals surface area contributed by atoms with Crippen LogP contribution in [-0.2, 0) is 4.74 Å². The summed E-state index contributed by atoms with van der Waals surface area (Å²) in [5.41, 5.74) is 0.259. The maximum Gasteiger partial charge on any atom is 0.137 e. The Morgan fingerprint density at radius 3 is 2.59 bits per heavy atom. The molecule has 3 nitrogen and oxygen atoms in total.